The number of anilines is 1. The van der Waals surface area contributed by atoms with E-state index in [1.165, 1.54) is 5.56 Å². The van der Waals surface area contributed by atoms with Gasteiger partial charge in [0.1, 0.15) is 5.82 Å². The normalized spacial score (nSPS) is 12.1. The first kappa shape index (κ1) is 12.7. The van der Waals surface area contributed by atoms with Crippen molar-refractivity contribution in [3.05, 3.63) is 29.2 Å². The number of nitrogen functional groups attached to an aromatic ring is 1. The molecule has 0 aliphatic heterocycles. The molecule has 0 amide bonds. The van der Waals surface area contributed by atoms with Crippen molar-refractivity contribution in [3.63, 3.8) is 0 Å². The second-order valence-electron chi connectivity index (χ2n) is 5.79. The van der Waals surface area contributed by atoms with Crippen LogP contribution in [0, 0.1) is 6.92 Å². The van der Waals surface area contributed by atoms with Gasteiger partial charge in [0.05, 0.1) is 17.9 Å². The molecule has 0 spiro atoms. The van der Waals surface area contributed by atoms with Crippen LogP contribution < -0.4 is 5.73 Å². The standard InChI is InChI=1S/C13H21N5/c1-9-6-11(14)18(15-9)8-10-7-17(5)16-12(10)13(2,3)4/h6-7H,8,14H2,1-5H3. The van der Waals surface area contributed by atoms with Crippen molar-refractivity contribution in [2.45, 2.75) is 39.7 Å². The molecule has 0 aromatic carbocycles. The first-order valence-electron chi connectivity index (χ1n) is 6.10. The van der Waals surface area contributed by atoms with Crippen LogP contribution in [0.25, 0.3) is 0 Å². The minimum absolute atomic E-state index is 0.0214. The molecule has 0 bridgehead atoms. The number of hydrogen-bond acceptors (Lipinski definition) is 3. The zero-order chi connectivity index (χ0) is 13.5. The Labute approximate surface area is 108 Å². The second kappa shape index (κ2) is 4.15. The molecular formula is C13H21N5. The van der Waals surface area contributed by atoms with Crippen molar-refractivity contribution in [3.8, 4) is 0 Å². The fourth-order valence-electron chi connectivity index (χ4n) is 2.14. The third-order valence-corrected chi connectivity index (χ3v) is 2.87. The number of nitrogens with zero attached hydrogens (tertiary/aromatic N) is 4. The molecule has 5 nitrogen and oxygen atoms in total. The lowest BCUT2D eigenvalue weighted by molar-refractivity contribution is 0.543. The van der Waals surface area contributed by atoms with Crippen molar-refractivity contribution in [1.82, 2.24) is 19.6 Å². The highest BCUT2D eigenvalue weighted by Crippen LogP contribution is 2.25. The second-order valence-corrected chi connectivity index (χ2v) is 5.79. The van der Waals surface area contributed by atoms with Crippen LogP contribution in [0.4, 0.5) is 5.82 Å². The van der Waals surface area contributed by atoms with E-state index >= 15 is 0 Å². The highest BCUT2D eigenvalue weighted by Gasteiger charge is 2.22. The predicted octanol–water partition coefficient (Wildman–Crippen LogP) is 1.85. The van der Waals surface area contributed by atoms with Crippen LogP contribution in [-0.4, -0.2) is 19.6 Å². The molecule has 2 N–H and O–H groups in total. The molecule has 0 fully saturated rings. The summed E-state index contributed by atoms with van der Waals surface area (Å²) in [7, 11) is 1.94. The van der Waals surface area contributed by atoms with Crippen molar-refractivity contribution in [2.75, 3.05) is 5.73 Å². The van der Waals surface area contributed by atoms with Crippen LogP contribution in [0.1, 0.15) is 37.7 Å². The quantitative estimate of drug-likeness (QED) is 0.881. The van der Waals surface area contributed by atoms with Gasteiger partial charge in [0, 0.05) is 30.3 Å². The Morgan fingerprint density at radius 1 is 1.28 bits per heavy atom. The molecule has 0 saturated heterocycles. The van der Waals surface area contributed by atoms with Crippen molar-refractivity contribution >= 4 is 5.82 Å². The smallest absolute Gasteiger partial charge is 0.122 e. The van der Waals surface area contributed by atoms with Gasteiger partial charge in [-0.3, -0.25) is 4.68 Å². The number of rotatable bonds is 2. The van der Waals surface area contributed by atoms with E-state index in [1.807, 2.05) is 35.6 Å². The minimum atomic E-state index is 0.0214. The maximum absolute atomic E-state index is 5.93. The molecule has 2 aromatic heterocycles. The molecular weight excluding hydrogens is 226 g/mol. The molecule has 0 radical (unpaired) electrons. The van der Waals surface area contributed by atoms with Gasteiger partial charge in [0.25, 0.3) is 0 Å². The summed E-state index contributed by atoms with van der Waals surface area (Å²) in [6.07, 6.45) is 2.04. The monoisotopic (exact) mass is 247 g/mol. The Balaban J connectivity index is 2.38. The molecule has 0 aliphatic rings. The summed E-state index contributed by atoms with van der Waals surface area (Å²) in [4.78, 5) is 0. The molecule has 0 aliphatic carbocycles. The first-order valence-corrected chi connectivity index (χ1v) is 6.10. The summed E-state index contributed by atoms with van der Waals surface area (Å²) in [6.45, 7) is 9.10. The Bertz CT molecular complexity index is 556. The molecule has 2 aromatic rings. The zero-order valence-corrected chi connectivity index (χ0v) is 11.7. The molecule has 98 valence electrons. The van der Waals surface area contributed by atoms with Crippen LogP contribution in [0.3, 0.4) is 0 Å². The topological polar surface area (TPSA) is 61.7 Å². The lowest BCUT2D eigenvalue weighted by Gasteiger charge is -2.17. The van der Waals surface area contributed by atoms with Gasteiger partial charge >= 0.3 is 0 Å². The summed E-state index contributed by atoms with van der Waals surface area (Å²) < 4.78 is 3.67. The van der Waals surface area contributed by atoms with Crippen LogP contribution in [-0.2, 0) is 19.0 Å². The van der Waals surface area contributed by atoms with E-state index in [4.69, 9.17) is 5.73 Å². The summed E-state index contributed by atoms with van der Waals surface area (Å²) >= 11 is 0. The lowest BCUT2D eigenvalue weighted by atomic mass is 9.89. The van der Waals surface area contributed by atoms with Crippen LogP contribution in [0.2, 0.25) is 0 Å². The van der Waals surface area contributed by atoms with Gasteiger partial charge in [-0.25, -0.2) is 4.68 Å². The van der Waals surface area contributed by atoms with Gasteiger partial charge in [-0.15, -0.1) is 0 Å². The van der Waals surface area contributed by atoms with Crippen LogP contribution >= 0.6 is 0 Å². The highest BCUT2D eigenvalue weighted by atomic mass is 15.3. The van der Waals surface area contributed by atoms with Crippen molar-refractivity contribution in [2.24, 2.45) is 7.05 Å². The molecule has 0 saturated carbocycles. The number of hydrogen-bond donors (Lipinski definition) is 1. The van der Waals surface area contributed by atoms with E-state index in [9.17, 15) is 0 Å². The van der Waals surface area contributed by atoms with E-state index < -0.39 is 0 Å². The highest BCUT2D eigenvalue weighted by molar-refractivity contribution is 5.32. The largest absolute Gasteiger partial charge is 0.384 e. The van der Waals surface area contributed by atoms with E-state index in [1.54, 1.807) is 0 Å². The van der Waals surface area contributed by atoms with E-state index in [-0.39, 0.29) is 5.41 Å². The van der Waals surface area contributed by atoms with E-state index in [0.29, 0.717) is 12.4 Å². The molecule has 0 unspecified atom stereocenters. The molecule has 2 heterocycles. The van der Waals surface area contributed by atoms with E-state index in [2.05, 4.69) is 31.0 Å². The average molecular weight is 247 g/mol. The Morgan fingerprint density at radius 2 is 1.94 bits per heavy atom. The van der Waals surface area contributed by atoms with Crippen molar-refractivity contribution < 1.29 is 0 Å². The van der Waals surface area contributed by atoms with Gasteiger partial charge in [0.15, 0.2) is 0 Å². The summed E-state index contributed by atoms with van der Waals surface area (Å²) in [6, 6.07) is 1.88. The third-order valence-electron chi connectivity index (χ3n) is 2.87. The Hall–Kier alpha value is -1.78. The average Bonchev–Trinajstić information content (AvgIpc) is 2.70. The molecule has 2 rings (SSSR count). The molecule has 0 atom stereocenters. The van der Waals surface area contributed by atoms with Gasteiger partial charge in [0.2, 0.25) is 0 Å². The van der Waals surface area contributed by atoms with Crippen molar-refractivity contribution in [1.29, 1.82) is 0 Å². The summed E-state index contributed by atoms with van der Waals surface area (Å²) in [5.74, 6) is 0.691. The molecule has 18 heavy (non-hydrogen) atoms. The maximum Gasteiger partial charge on any atom is 0.122 e. The lowest BCUT2D eigenvalue weighted by Crippen LogP contribution is -2.16. The van der Waals surface area contributed by atoms with Crippen LogP contribution in [0.15, 0.2) is 12.3 Å². The van der Waals surface area contributed by atoms with Gasteiger partial charge in [-0.1, -0.05) is 20.8 Å². The zero-order valence-electron chi connectivity index (χ0n) is 11.7. The maximum atomic E-state index is 5.93. The van der Waals surface area contributed by atoms with E-state index in [0.717, 1.165) is 11.4 Å². The van der Waals surface area contributed by atoms with Gasteiger partial charge in [-0.2, -0.15) is 10.2 Å². The SMILES string of the molecule is Cc1cc(N)n(Cc2cn(C)nc2C(C)(C)C)n1. The number of nitrogens with two attached hydrogens (primary N) is 1. The fraction of sp³-hybridized carbons (Fsp3) is 0.538. The Morgan fingerprint density at radius 3 is 2.44 bits per heavy atom. The molecule has 5 heteroatoms. The number of aromatic nitrogens is 4. The summed E-state index contributed by atoms with van der Waals surface area (Å²) in [5, 5.41) is 8.94. The fourth-order valence-corrected chi connectivity index (χ4v) is 2.14. The minimum Gasteiger partial charge on any atom is -0.384 e. The predicted molar refractivity (Wildman–Crippen MR) is 72.4 cm³/mol. The van der Waals surface area contributed by atoms with Gasteiger partial charge < -0.3 is 5.73 Å². The van der Waals surface area contributed by atoms with Crippen LogP contribution in [0.5, 0.6) is 0 Å². The van der Waals surface area contributed by atoms with Gasteiger partial charge in [-0.05, 0) is 6.92 Å². The first-order chi connectivity index (χ1) is 8.27. The summed E-state index contributed by atoms with van der Waals surface area (Å²) in [5.41, 5.74) is 9.15. The number of aryl methyl sites for hydroxylation is 2. The Kier molecular flexibility index (Phi) is 2.92. The third kappa shape index (κ3) is 2.39.